The van der Waals surface area contributed by atoms with Gasteiger partial charge in [0.2, 0.25) is 0 Å². The van der Waals surface area contributed by atoms with Crippen molar-refractivity contribution in [3.63, 3.8) is 0 Å². The fourth-order valence-electron chi connectivity index (χ4n) is 1.92. The minimum absolute atomic E-state index is 0.116. The molecule has 0 amide bonds. The topological polar surface area (TPSA) is 37.4 Å². The number of anilines is 1. The third-order valence-electron chi connectivity index (χ3n) is 2.67. The van der Waals surface area contributed by atoms with Gasteiger partial charge in [0.15, 0.2) is 0 Å². The van der Waals surface area contributed by atoms with E-state index in [9.17, 15) is 8.42 Å². The third kappa shape index (κ3) is 2.35. The molecule has 2 rings (SSSR count). The molecular weight excluding hydrogens is 338 g/mol. The van der Waals surface area contributed by atoms with Crippen molar-refractivity contribution in [1.29, 1.82) is 0 Å². The number of hydrogen-bond acceptors (Lipinski definition) is 3. The molecule has 0 spiro atoms. The molecule has 0 atom stereocenters. The summed E-state index contributed by atoms with van der Waals surface area (Å²) in [5.41, 5.74) is 0.946. The van der Waals surface area contributed by atoms with Crippen LogP contribution in [0.4, 0.5) is 5.69 Å². The largest absolute Gasteiger partial charge is 0.377 e. The molecule has 0 N–H and O–H groups in total. The van der Waals surface area contributed by atoms with Crippen LogP contribution < -0.4 is 4.90 Å². The van der Waals surface area contributed by atoms with E-state index in [4.69, 9.17) is 10.7 Å². The minimum atomic E-state index is -3.80. The Morgan fingerprint density at radius 2 is 1.78 bits per heavy atom. The smallest absolute Gasteiger partial charge is 0.263 e. The molecule has 18 heavy (non-hydrogen) atoms. The van der Waals surface area contributed by atoms with Gasteiger partial charge in [-0.05, 0) is 28.1 Å². The SMILES string of the molecule is CN(C)c1cccc2c(S(=O)(=O)Cl)c(Br)ccc12. The highest BCUT2D eigenvalue weighted by molar-refractivity contribution is 9.10. The first-order valence-electron chi connectivity index (χ1n) is 5.15. The molecule has 0 fully saturated rings. The first-order valence-corrected chi connectivity index (χ1v) is 8.26. The van der Waals surface area contributed by atoms with Gasteiger partial charge in [0, 0.05) is 45.7 Å². The second kappa shape index (κ2) is 4.72. The van der Waals surface area contributed by atoms with Crippen molar-refractivity contribution in [3.05, 3.63) is 34.8 Å². The Balaban J connectivity index is 2.96. The zero-order valence-corrected chi connectivity index (χ0v) is 13.0. The van der Waals surface area contributed by atoms with Gasteiger partial charge >= 0.3 is 0 Å². The summed E-state index contributed by atoms with van der Waals surface area (Å²) in [6.07, 6.45) is 0. The fourth-order valence-corrected chi connectivity index (χ4v) is 4.43. The summed E-state index contributed by atoms with van der Waals surface area (Å²) < 4.78 is 23.8. The van der Waals surface area contributed by atoms with Gasteiger partial charge in [-0.3, -0.25) is 0 Å². The van der Waals surface area contributed by atoms with Crippen LogP contribution in [-0.4, -0.2) is 22.5 Å². The number of nitrogens with zero attached hydrogens (tertiary/aromatic N) is 1. The van der Waals surface area contributed by atoms with Gasteiger partial charge < -0.3 is 4.90 Å². The predicted molar refractivity (Wildman–Crippen MR) is 79.0 cm³/mol. The zero-order chi connectivity index (χ0) is 13.5. The van der Waals surface area contributed by atoms with E-state index in [0.717, 1.165) is 11.1 Å². The van der Waals surface area contributed by atoms with E-state index in [-0.39, 0.29) is 4.90 Å². The zero-order valence-electron chi connectivity index (χ0n) is 9.81. The molecule has 0 saturated carbocycles. The van der Waals surface area contributed by atoms with Crippen LogP contribution in [0.25, 0.3) is 10.8 Å². The average Bonchev–Trinajstić information content (AvgIpc) is 2.25. The lowest BCUT2D eigenvalue weighted by atomic mass is 10.1. The van der Waals surface area contributed by atoms with Gasteiger partial charge in [0.1, 0.15) is 4.90 Å². The van der Waals surface area contributed by atoms with Crippen molar-refractivity contribution in [3.8, 4) is 0 Å². The summed E-state index contributed by atoms with van der Waals surface area (Å²) >= 11 is 3.24. The molecule has 0 aliphatic rings. The first-order chi connectivity index (χ1) is 8.32. The molecule has 0 aromatic heterocycles. The lowest BCUT2D eigenvalue weighted by Gasteiger charge is -2.16. The molecule has 0 radical (unpaired) electrons. The third-order valence-corrected chi connectivity index (χ3v) is 4.98. The van der Waals surface area contributed by atoms with Crippen LogP contribution in [0.2, 0.25) is 0 Å². The van der Waals surface area contributed by atoms with Gasteiger partial charge in [-0.2, -0.15) is 0 Å². The van der Waals surface area contributed by atoms with E-state index in [1.165, 1.54) is 0 Å². The number of hydrogen-bond donors (Lipinski definition) is 0. The first kappa shape index (κ1) is 13.6. The average molecular weight is 349 g/mol. The van der Waals surface area contributed by atoms with E-state index < -0.39 is 9.05 Å². The maximum absolute atomic E-state index is 11.7. The number of fused-ring (bicyclic) bond motifs is 1. The van der Waals surface area contributed by atoms with Gasteiger partial charge in [0.05, 0.1) is 0 Å². The van der Waals surface area contributed by atoms with E-state index in [0.29, 0.717) is 9.86 Å². The Bertz CT molecular complexity index is 713. The van der Waals surface area contributed by atoms with Gasteiger partial charge in [-0.15, -0.1) is 0 Å². The highest BCUT2D eigenvalue weighted by Gasteiger charge is 2.19. The molecule has 0 aliphatic carbocycles. The van der Waals surface area contributed by atoms with Gasteiger partial charge in [0.25, 0.3) is 9.05 Å². The molecule has 0 bridgehead atoms. The second-order valence-corrected chi connectivity index (χ2v) is 7.44. The summed E-state index contributed by atoms with van der Waals surface area (Å²) in [7, 11) is 5.52. The molecule has 0 aliphatic heterocycles. The summed E-state index contributed by atoms with van der Waals surface area (Å²) in [5.74, 6) is 0. The number of benzene rings is 2. The summed E-state index contributed by atoms with van der Waals surface area (Å²) in [5, 5.41) is 1.47. The van der Waals surface area contributed by atoms with Crippen molar-refractivity contribution in [1.82, 2.24) is 0 Å². The molecule has 3 nitrogen and oxygen atoms in total. The molecule has 0 heterocycles. The van der Waals surface area contributed by atoms with E-state index in [1.54, 1.807) is 12.1 Å². The summed E-state index contributed by atoms with van der Waals surface area (Å²) in [6.45, 7) is 0. The molecule has 96 valence electrons. The fraction of sp³-hybridized carbons (Fsp3) is 0.167. The van der Waals surface area contributed by atoms with Crippen LogP contribution in [-0.2, 0) is 9.05 Å². The van der Waals surface area contributed by atoms with Crippen LogP contribution in [0.5, 0.6) is 0 Å². The van der Waals surface area contributed by atoms with Crippen molar-refractivity contribution >= 4 is 52.1 Å². The highest BCUT2D eigenvalue weighted by Crippen LogP contribution is 2.36. The molecule has 6 heteroatoms. The summed E-state index contributed by atoms with van der Waals surface area (Å²) in [4.78, 5) is 2.05. The Morgan fingerprint density at radius 3 is 2.33 bits per heavy atom. The molecule has 2 aromatic carbocycles. The monoisotopic (exact) mass is 347 g/mol. The lowest BCUT2D eigenvalue weighted by molar-refractivity contribution is 0.610. The predicted octanol–water partition coefficient (Wildman–Crippen LogP) is 3.60. The normalized spacial score (nSPS) is 11.8. The van der Waals surface area contributed by atoms with Crippen molar-refractivity contribution < 1.29 is 8.42 Å². The minimum Gasteiger partial charge on any atom is -0.377 e. The Hall–Kier alpha value is -0.780. The molecule has 0 unspecified atom stereocenters. The van der Waals surface area contributed by atoms with Crippen molar-refractivity contribution in [2.75, 3.05) is 19.0 Å². The van der Waals surface area contributed by atoms with Crippen molar-refractivity contribution in [2.45, 2.75) is 4.90 Å². The molecular formula is C12H11BrClNO2S. The van der Waals surface area contributed by atoms with Gasteiger partial charge in [-0.1, -0.05) is 18.2 Å². The van der Waals surface area contributed by atoms with Crippen LogP contribution in [0.15, 0.2) is 39.7 Å². The van der Waals surface area contributed by atoms with Crippen molar-refractivity contribution in [2.24, 2.45) is 0 Å². The van der Waals surface area contributed by atoms with Crippen LogP contribution >= 0.6 is 26.6 Å². The molecule has 2 aromatic rings. The Morgan fingerprint density at radius 1 is 1.11 bits per heavy atom. The Labute approximate surface area is 119 Å². The molecule has 0 saturated heterocycles. The van der Waals surface area contributed by atoms with Crippen LogP contribution in [0.1, 0.15) is 0 Å². The van der Waals surface area contributed by atoms with E-state index >= 15 is 0 Å². The summed E-state index contributed by atoms with van der Waals surface area (Å²) in [6, 6.07) is 9.07. The van der Waals surface area contributed by atoms with Crippen LogP contribution in [0, 0.1) is 0 Å². The maximum atomic E-state index is 11.7. The number of rotatable bonds is 2. The quantitative estimate of drug-likeness (QED) is 0.778. The van der Waals surface area contributed by atoms with E-state index in [1.807, 2.05) is 37.2 Å². The maximum Gasteiger partial charge on any atom is 0.263 e. The van der Waals surface area contributed by atoms with Gasteiger partial charge in [-0.25, -0.2) is 8.42 Å². The highest BCUT2D eigenvalue weighted by atomic mass is 79.9. The van der Waals surface area contributed by atoms with Crippen LogP contribution in [0.3, 0.4) is 0 Å². The lowest BCUT2D eigenvalue weighted by Crippen LogP contribution is -2.09. The standard InChI is InChI=1S/C12H11BrClNO2S/c1-15(2)11-5-3-4-9-8(11)6-7-10(13)12(9)18(14,16)17/h3-7H,1-2H3. The Kier molecular flexibility index (Phi) is 3.58. The number of halogens is 2. The van der Waals surface area contributed by atoms with E-state index in [2.05, 4.69) is 15.9 Å². The second-order valence-electron chi connectivity index (χ2n) is 4.08.